The van der Waals surface area contributed by atoms with Crippen LogP contribution in [-0.2, 0) is 14.8 Å². The van der Waals surface area contributed by atoms with E-state index in [2.05, 4.69) is 4.90 Å². The maximum Gasteiger partial charge on any atom is 0.335 e. The van der Waals surface area contributed by atoms with Crippen molar-refractivity contribution in [3.05, 3.63) is 29.3 Å². The molecule has 0 saturated carbocycles. The number of carbonyl (C=O) groups is 1. The van der Waals surface area contributed by atoms with Gasteiger partial charge in [0.1, 0.15) is 0 Å². The van der Waals surface area contributed by atoms with Crippen LogP contribution in [0.15, 0.2) is 23.1 Å². The molecule has 8 heteroatoms. The number of fused-ring (bicyclic) bond motifs is 3. The second-order valence-electron chi connectivity index (χ2n) is 6.64. The average molecular weight is 354 g/mol. The fraction of sp³-hybridized carbons (Fsp3) is 0.562. The topological polar surface area (TPSA) is 87.1 Å². The van der Waals surface area contributed by atoms with E-state index in [1.54, 1.807) is 13.0 Å². The molecule has 2 heterocycles. The van der Waals surface area contributed by atoms with Crippen molar-refractivity contribution in [2.24, 2.45) is 5.92 Å². The first-order chi connectivity index (χ1) is 11.3. The zero-order chi connectivity index (χ0) is 17.5. The molecule has 132 valence electrons. The summed E-state index contributed by atoms with van der Waals surface area (Å²) >= 11 is 0. The second kappa shape index (κ2) is 6.44. The summed E-state index contributed by atoms with van der Waals surface area (Å²) in [4.78, 5) is 13.4. The average Bonchev–Trinajstić information content (AvgIpc) is 2.78. The van der Waals surface area contributed by atoms with Crippen LogP contribution in [0.3, 0.4) is 0 Å². The highest BCUT2D eigenvalue weighted by Gasteiger charge is 2.39. The molecule has 0 aromatic heterocycles. The Morgan fingerprint density at radius 2 is 2.00 bits per heavy atom. The van der Waals surface area contributed by atoms with E-state index in [-0.39, 0.29) is 22.4 Å². The van der Waals surface area contributed by atoms with Crippen LogP contribution in [0, 0.1) is 12.8 Å². The van der Waals surface area contributed by atoms with Gasteiger partial charge < -0.3 is 14.7 Å². The van der Waals surface area contributed by atoms with Gasteiger partial charge in [0.15, 0.2) is 0 Å². The molecule has 1 aromatic carbocycles. The van der Waals surface area contributed by atoms with Crippen molar-refractivity contribution < 1.29 is 23.1 Å². The molecular formula is C16H22N2O5S. The molecule has 0 amide bonds. The Bertz CT molecular complexity index is 749. The van der Waals surface area contributed by atoms with Crippen molar-refractivity contribution >= 4 is 16.0 Å². The van der Waals surface area contributed by atoms with E-state index in [0.29, 0.717) is 31.9 Å². The molecule has 1 aromatic rings. The van der Waals surface area contributed by atoms with Gasteiger partial charge in [-0.15, -0.1) is 0 Å². The number of hydrogen-bond acceptors (Lipinski definition) is 5. The zero-order valence-electron chi connectivity index (χ0n) is 13.8. The minimum absolute atomic E-state index is 0.0228. The fourth-order valence-corrected chi connectivity index (χ4v) is 5.40. The van der Waals surface area contributed by atoms with Gasteiger partial charge in [0.2, 0.25) is 10.0 Å². The van der Waals surface area contributed by atoms with Crippen LogP contribution < -0.4 is 0 Å². The number of aromatic carboxylic acids is 1. The molecule has 1 N–H and O–H groups in total. The van der Waals surface area contributed by atoms with Gasteiger partial charge in [0.05, 0.1) is 29.7 Å². The van der Waals surface area contributed by atoms with Crippen LogP contribution in [0.1, 0.15) is 15.9 Å². The first-order valence-corrected chi connectivity index (χ1v) is 9.35. The molecule has 24 heavy (non-hydrogen) atoms. The van der Waals surface area contributed by atoms with Crippen molar-refractivity contribution in [1.82, 2.24) is 9.21 Å². The molecule has 2 fully saturated rings. The van der Waals surface area contributed by atoms with Crippen LogP contribution in [-0.4, -0.2) is 74.6 Å². The number of rotatable bonds is 3. The zero-order valence-corrected chi connectivity index (χ0v) is 14.6. The molecule has 2 aliphatic rings. The summed E-state index contributed by atoms with van der Waals surface area (Å²) in [6.07, 6.45) is 0. The number of carboxylic acids is 1. The van der Waals surface area contributed by atoms with Crippen molar-refractivity contribution in [1.29, 1.82) is 0 Å². The number of aryl methyl sites for hydroxylation is 1. The predicted octanol–water partition coefficient (Wildman–Crippen LogP) is 0.644. The lowest BCUT2D eigenvalue weighted by molar-refractivity contribution is 0.0659. The molecule has 0 unspecified atom stereocenters. The molecule has 2 atom stereocenters. The molecule has 2 saturated heterocycles. The highest BCUT2D eigenvalue weighted by molar-refractivity contribution is 7.89. The van der Waals surface area contributed by atoms with Crippen LogP contribution >= 0.6 is 0 Å². The van der Waals surface area contributed by atoms with E-state index < -0.39 is 16.0 Å². The summed E-state index contributed by atoms with van der Waals surface area (Å²) in [5, 5.41) is 9.17. The summed E-state index contributed by atoms with van der Waals surface area (Å²) in [5.41, 5.74) is 0.526. The monoisotopic (exact) mass is 354 g/mol. The number of sulfonamides is 1. The third-order valence-electron chi connectivity index (χ3n) is 4.62. The van der Waals surface area contributed by atoms with E-state index in [1.165, 1.54) is 16.4 Å². The number of hydrogen-bond donors (Lipinski definition) is 1. The summed E-state index contributed by atoms with van der Waals surface area (Å²) in [5.74, 6) is -1.02. The van der Waals surface area contributed by atoms with Gasteiger partial charge in [-0.25, -0.2) is 13.2 Å². The molecule has 7 nitrogen and oxygen atoms in total. The Morgan fingerprint density at radius 3 is 2.71 bits per heavy atom. The largest absolute Gasteiger partial charge is 0.478 e. The predicted molar refractivity (Wildman–Crippen MR) is 87.6 cm³/mol. The Hall–Kier alpha value is -1.48. The van der Waals surface area contributed by atoms with Crippen molar-refractivity contribution in [2.45, 2.75) is 17.9 Å². The third kappa shape index (κ3) is 3.19. The van der Waals surface area contributed by atoms with Crippen LogP contribution in [0.4, 0.5) is 0 Å². The van der Waals surface area contributed by atoms with Gasteiger partial charge in [0, 0.05) is 25.6 Å². The van der Waals surface area contributed by atoms with Crippen LogP contribution in [0.2, 0.25) is 0 Å². The number of benzene rings is 1. The molecule has 3 rings (SSSR count). The van der Waals surface area contributed by atoms with Gasteiger partial charge in [-0.1, -0.05) is 6.07 Å². The number of nitrogens with zero attached hydrogens (tertiary/aromatic N) is 2. The summed E-state index contributed by atoms with van der Waals surface area (Å²) in [6, 6.07) is 3.96. The molecule has 2 bridgehead atoms. The lowest BCUT2D eigenvalue weighted by atomic mass is 10.1. The number of likely N-dealkylation sites (N-methyl/N-ethyl adjacent to an activating group) is 1. The Balaban J connectivity index is 2.04. The Kier molecular flexibility index (Phi) is 4.65. The van der Waals surface area contributed by atoms with Gasteiger partial charge >= 0.3 is 5.97 Å². The molecule has 0 aliphatic carbocycles. The second-order valence-corrected chi connectivity index (χ2v) is 8.50. The maximum atomic E-state index is 13.2. The molecule has 2 aliphatic heterocycles. The van der Waals surface area contributed by atoms with Crippen LogP contribution in [0.5, 0.6) is 0 Å². The highest BCUT2D eigenvalue weighted by atomic mass is 32.2. The fourth-order valence-electron chi connectivity index (χ4n) is 3.47. The standard InChI is InChI=1S/C16H22N2O5S/c1-11-3-4-13(16(19)20)5-15(11)24(21,22)18-7-12-6-17(2)8-14(18)10-23-9-12/h3-5,12,14H,6-10H2,1-2H3,(H,19,20)/t12-,14-/m0/s1. The normalized spacial score (nSPS) is 26.1. The van der Waals surface area contributed by atoms with Gasteiger partial charge in [-0.2, -0.15) is 4.31 Å². The maximum absolute atomic E-state index is 13.2. The lowest BCUT2D eigenvalue weighted by Crippen LogP contribution is -2.46. The van der Waals surface area contributed by atoms with E-state index in [4.69, 9.17) is 4.74 Å². The Morgan fingerprint density at radius 1 is 1.25 bits per heavy atom. The first kappa shape index (κ1) is 17.3. The van der Waals surface area contributed by atoms with E-state index in [9.17, 15) is 18.3 Å². The molecule has 0 spiro atoms. The minimum Gasteiger partial charge on any atom is -0.478 e. The van der Waals surface area contributed by atoms with E-state index in [1.807, 2.05) is 7.05 Å². The van der Waals surface area contributed by atoms with Crippen molar-refractivity contribution in [3.8, 4) is 0 Å². The molecular weight excluding hydrogens is 332 g/mol. The van der Waals surface area contributed by atoms with E-state index in [0.717, 1.165) is 6.54 Å². The summed E-state index contributed by atoms with van der Waals surface area (Å²) < 4.78 is 33.6. The summed E-state index contributed by atoms with van der Waals surface area (Å²) in [6.45, 7) is 4.38. The first-order valence-electron chi connectivity index (χ1n) is 7.91. The highest BCUT2D eigenvalue weighted by Crippen LogP contribution is 2.28. The lowest BCUT2D eigenvalue weighted by Gasteiger charge is -2.29. The third-order valence-corrected chi connectivity index (χ3v) is 6.68. The Labute approximate surface area is 141 Å². The summed E-state index contributed by atoms with van der Waals surface area (Å²) in [7, 11) is -1.80. The minimum atomic E-state index is -3.79. The molecule has 0 radical (unpaired) electrons. The van der Waals surface area contributed by atoms with E-state index >= 15 is 0 Å². The number of ether oxygens (including phenoxy) is 1. The van der Waals surface area contributed by atoms with Gasteiger partial charge in [-0.3, -0.25) is 0 Å². The SMILES string of the molecule is Cc1ccc(C(=O)O)cc1S(=O)(=O)N1C[C@H]2COC[C@@H]1CN(C)C2. The van der Waals surface area contributed by atoms with Crippen LogP contribution in [0.25, 0.3) is 0 Å². The number of carboxylic acid groups (broad SMARTS) is 1. The van der Waals surface area contributed by atoms with Crippen molar-refractivity contribution in [3.63, 3.8) is 0 Å². The smallest absolute Gasteiger partial charge is 0.335 e. The van der Waals surface area contributed by atoms with Gasteiger partial charge in [-0.05, 0) is 31.7 Å². The van der Waals surface area contributed by atoms with Crippen molar-refractivity contribution in [2.75, 3.05) is 39.9 Å². The van der Waals surface area contributed by atoms with Gasteiger partial charge in [0.25, 0.3) is 0 Å². The quantitative estimate of drug-likeness (QED) is 0.857.